The van der Waals surface area contributed by atoms with Crippen molar-refractivity contribution in [3.63, 3.8) is 0 Å². The zero-order chi connectivity index (χ0) is 12.0. The predicted molar refractivity (Wildman–Crippen MR) is 64.1 cm³/mol. The Balaban J connectivity index is 2.09. The summed E-state index contributed by atoms with van der Waals surface area (Å²) >= 11 is 0. The van der Waals surface area contributed by atoms with Crippen LogP contribution in [0.5, 0.6) is 0 Å². The number of carbonyl (C=O) groups excluding carboxylic acids is 1. The Morgan fingerprint density at radius 2 is 2.31 bits per heavy atom. The fraction of sp³-hybridized carbons (Fsp3) is 0.917. The van der Waals surface area contributed by atoms with Gasteiger partial charge in [0.2, 0.25) is 5.91 Å². The highest BCUT2D eigenvalue weighted by Crippen LogP contribution is 2.12. The maximum absolute atomic E-state index is 11.5. The summed E-state index contributed by atoms with van der Waals surface area (Å²) < 4.78 is 5.36. The van der Waals surface area contributed by atoms with Crippen molar-refractivity contribution >= 4 is 5.91 Å². The Morgan fingerprint density at radius 3 is 2.88 bits per heavy atom. The van der Waals surface area contributed by atoms with Crippen LogP contribution in [0.2, 0.25) is 0 Å². The molecule has 94 valence electrons. The van der Waals surface area contributed by atoms with Gasteiger partial charge in [0.05, 0.1) is 6.61 Å². The van der Waals surface area contributed by atoms with E-state index >= 15 is 0 Å². The van der Waals surface area contributed by atoms with Gasteiger partial charge in [0, 0.05) is 25.1 Å². The molecule has 0 bridgehead atoms. The third-order valence-corrected chi connectivity index (χ3v) is 2.84. The van der Waals surface area contributed by atoms with E-state index in [1.165, 1.54) is 0 Å². The number of amides is 1. The molecule has 1 unspecified atom stereocenters. The van der Waals surface area contributed by atoms with Crippen LogP contribution in [0.25, 0.3) is 0 Å². The Hall–Kier alpha value is -0.610. The number of ether oxygens (including phenoxy) is 1. The van der Waals surface area contributed by atoms with Gasteiger partial charge in [-0.25, -0.2) is 0 Å². The van der Waals surface area contributed by atoms with Crippen LogP contribution in [0, 0.1) is 5.92 Å². The summed E-state index contributed by atoms with van der Waals surface area (Å²) in [6, 6.07) is 0. The Kier molecular flexibility index (Phi) is 5.22. The van der Waals surface area contributed by atoms with Crippen LogP contribution < -0.4 is 11.1 Å². The van der Waals surface area contributed by atoms with Crippen molar-refractivity contribution in [3.8, 4) is 0 Å². The van der Waals surface area contributed by atoms with Crippen LogP contribution in [0.1, 0.15) is 39.5 Å². The standard InChI is InChI=1S/C12H24N2O2/c1-12(2,13)6-5-11(15)14-8-10-4-3-7-16-9-10/h10H,3-9,13H2,1-2H3,(H,14,15). The van der Waals surface area contributed by atoms with Gasteiger partial charge in [0.1, 0.15) is 0 Å². The van der Waals surface area contributed by atoms with Gasteiger partial charge in [-0.3, -0.25) is 4.79 Å². The molecule has 1 saturated heterocycles. The lowest BCUT2D eigenvalue weighted by molar-refractivity contribution is -0.121. The van der Waals surface area contributed by atoms with E-state index in [-0.39, 0.29) is 11.4 Å². The summed E-state index contributed by atoms with van der Waals surface area (Å²) in [5.74, 6) is 0.590. The van der Waals surface area contributed by atoms with Gasteiger partial charge >= 0.3 is 0 Å². The Morgan fingerprint density at radius 1 is 1.56 bits per heavy atom. The van der Waals surface area contributed by atoms with Crippen molar-refractivity contribution in [2.24, 2.45) is 11.7 Å². The topological polar surface area (TPSA) is 64.4 Å². The summed E-state index contributed by atoms with van der Waals surface area (Å²) in [6.07, 6.45) is 3.50. The van der Waals surface area contributed by atoms with Crippen LogP contribution in [0.15, 0.2) is 0 Å². The van der Waals surface area contributed by atoms with Crippen molar-refractivity contribution < 1.29 is 9.53 Å². The summed E-state index contributed by atoms with van der Waals surface area (Å²) in [5.41, 5.74) is 5.56. The minimum Gasteiger partial charge on any atom is -0.381 e. The second kappa shape index (κ2) is 6.21. The van der Waals surface area contributed by atoms with Crippen molar-refractivity contribution in [2.75, 3.05) is 19.8 Å². The first-order chi connectivity index (χ1) is 7.47. The lowest BCUT2D eigenvalue weighted by atomic mass is 9.99. The zero-order valence-corrected chi connectivity index (χ0v) is 10.4. The molecule has 1 aliphatic heterocycles. The molecule has 0 saturated carbocycles. The highest BCUT2D eigenvalue weighted by molar-refractivity contribution is 5.75. The minimum absolute atomic E-state index is 0.101. The molecule has 1 aliphatic rings. The van der Waals surface area contributed by atoms with E-state index in [4.69, 9.17) is 10.5 Å². The number of hydrogen-bond acceptors (Lipinski definition) is 3. The van der Waals surface area contributed by atoms with E-state index in [0.717, 1.165) is 39.0 Å². The number of nitrogens with one attached hydrogen (secondary N) is 1. The van der Waals surface area contributed by atoms with Crippen molar-refractivity contribution in [1.29, 1.82) is 0 Å². The fourth-order valence-electron chi connectivity index (χ4n) is 1.75. The smallest absolute Gasteiger partial charge is 0.220 e. The molecule has 0 radical (unpaired) electrons. The third-order valence-electron chi connectivity index (χ3n) is 2.84. The number of hydrogen-bond donors (Lipinski definition) is 2. The number of rotatable bonds is 5. The van der Waals surface area contributed by atoms with E-state index in [0.29, 0.717) is 12.3 Å². The highest BCUT2D eigenvalue weighted by atomic mass is 16.5. The zero-order valence-electron chi connectivity index (χ0n) is 10.4. The summed E-state index contributed by atoms with van der Waals surface area (Å²) in [5, 5.41) is 2.95. The van der Waals surface area contributed by atoms with Gasteiger partial charge in [0.25, 0.3) is 0 Å². The molecule has 1 rings (SSSR count). The van der Waals surface area contributed by atoms with Crippen molar-refractivity contribution in [2.45, 2.75) is 45.1 Å². The molecule has 1 atom stereocenters. The number of carbonyl (C=O) groups is 1. The normalized spacial score (nSPS) is 21.8. The van der Waals surface area contributed by atoms with Gasteiger partial charge < -0.3 is 15.8 Å². The van der Waals surface area contributed by atoms with Crippen LogP contribution in [-0.2, 0) is 9.53 Å². The molecule has 1 fully saturated rings. The quantitative estimate of drug-likeness (QED) is 0.739. The SMILES string of the molecule is CC(C)(N)CCC(=O)NCC1CCCOC1. The van der Waals surface area contributed by atoms with E-state index in [9.17, 15) is 4.79 Å². The highest BCUT2D eigenvalue weighted by Gasteiger charge is 2.16. The van der Waals surface area contributed by atoms with E-state index in [1.807, 2.05) is 13.8 Å². The minimum atomic E-state index is -0.259. The molecule has 1 heterocycles. The van der Waals surface area contributed by atoms with Crippen molar-refractivity contribution in [3.05, 3.63) is 0 Å². The molecule has 0 aromatic rings. The van der Waals surface area contributed by atoms with Crippen LogP contribution in [0.4, 0.5) is 0 Å². The van der Waals surface area contributed by atoms with Gasteiger partial charge in [-0.2, -0.15) is 0 Å². The molecule has 1 amide bonds. The van der Waals surface area contributed by atoms with E-state index in [2.05, 4.69) is 5.32 Å². The van der Waals surface area contributed by atoms with Gasteiger partial charge in [-0.15, -0.1) is 0 Å². The van der Waals surface area contributed by atoms with E-state index in [1.54, 1.807) is 0 Å². The molecule has 0 aromatic heterocycles. The number of nitrogens with two attached hydrogens (primary N) is 1. The van der Waals surface area contributed by atoms with Crippen LogP contribution >= 0.6 is 0 Å². The lowest BCUT2D eigenvalue weighted by Gasteiger charge is -2.22. The lowest BCUT2D eigenvalue weighted by Crippen LogP contribution is -2.36. The second-order valence-corrected chi connectivity index (χ2v) is 5.38. The Labute approximate surface area is 97.9 Å². The second-order valence-electron chi connectivity index (χ2n) is 5.38. The first-order valence-corrected chi connectivity index (χ1v) is 6.11. The molecule has 3 N–H and O–H groups in total. The predicted octanol–water partition coefficient (Wildman–Crippen LogP) is 1.05. The largest absolute Gasteiger partial charge is 0.381 e. The first kappa shape index (κ1) is 13.5. The summed E-state index contributed by atoms with van der Waals surface area (Å²) in [6.45, 7) is 6.27. The van der Waals surface area contributed by atoms with Gasteiger partial charge in [0.15, 0.2) is 0 Å². The van der Waals surface area contributed by atoms with Gasteiger partial charge in [-0.05, 0) is 39.0 Å². The molecule has 0 spiro atoms. The van der Waals surface area contributed by atoms with E-state index < -0.39 is 0 Å². The molecule has 16 heavy (non-hydrogen) atoms. The maximum atomic E-state index is 11.5. The first-order valence-electron chi connectivity index (χ1n) is 6.11. The fourth-order valence-corrected chi connectivity index (χ4v) is 1.75. The molecule has 4 heteroatoms. The van der Waals surface area contributed by atoms with Crippen molar-refractivity contribution in [1.82, 2.24) is 5.32 Å². The molecule has 0 aromatic carbocycles. The molecule has 4 nitrogen and oxygen atoms in total. The summed E-state index contributed by atoms with van der Waals surface area (Å²) in [7, 11) is 0. The average molecular weight is 228 g/mol. The Bertz CT molecular complexity index is 218. The molecule has 0 aliphatic carbocycles. The summed E-state index contributed by atoms with van der Waals surface area (Å²) in [4.78, 5) is 11.5. The monoisotopic (exact) mass is 228 g/mol. The van der Waals surface area contributed by atoms with Crippen LogP contribution in [0.3, 0.4) is 0 Å². The third kappa shape index (κ3) is 6.08. The average Bonchev–Trinajstić information content (AvgIpc) is 2.24. The molecular formula is C12H24N2O2. The van der Waals surface area contributed by atoms with Crippen LogP contribution in [-0.4, -0.2) is 31.2 Å². The molecular weight excluding hydrogens is 204 g/mol. The maximum Gasteiger partial charge on any atom is 0.220 e. The van der Waals surface area contributed by atoms with Gasteiger partial charge in [-0.1, -0.05) is 0 Å².